The number of aliphatic hydroxyl groups is 3. The molecule has 194 valence electrons. The van der Waals surface area contributed by atoms with Crippen LogP contribution in [0.25, 0.3) is 10.8 Å². The molecule has 0 bridgehead atoms. The first-order chi connectivity index (χ1) is 17.3. The number of rotatable bonds is 3. The van der Waals surface area contributed by atoms with E-state index in [2.05, 4.69) is 0 Å². The second-order valence-corrected chi connectivity index (χ2v) is 10.5. The maximum absolute atomic E-state index is 13.9. The number of amides is 1. The van der Waals surface area contributed by atoms with Crippen LogP contribution < -0.4 is 10.6 Å². The Kier molecular flexibility index (Phi) is 5.40. The fourth-order valence-corrected chi connectivity index (χ4v) is 6.56. The number of phenols is 1. The number of ketones is 2. The Balaban J connectivity index is 1.80. The quantitative estimate of drug-likeness (QED) is 0.386. The molecule has 3 aliphatic rings. The van der Waals surface area contributed by atoms with E-state index in [1.807, 2.05) is 31.1 Å². The van der Waals surface area contributed by atoms with E-state index in [4.69, 9.17) is 5.73 Å². The summed E-state index contributed by atoms with van der Waals surface area (Å²) < 4.78 is 0. The predicted octanol–water partition coefficient (Wildman–Crippen LogP) is 1.34. The molecule has 2 aromatic rings. The standard InChI is InChI=1S/C27H29N3O7/c1-29(2)19-12-7-5-6-8-13(12)21(31)17-14(19)9-11-10-15-20(30(3)4)23(33)18(26(28)36)25(35)27(15,37)24(34)16(11)22(17)32/h5-8,11,15,20,31,33-34,37H,9-10H2,1-4H3,(H2,28,36)/t11?,15-,20-,27-/m0/s1. The topological polar surface area (TPSA) is 165 Å². The fraction of sp³-hybridized carbons (Fsp3) is 0.370. The summed E-state index contributed by atoms with van der Waals surface area (Å²) in [6.07, 6.45) is 0.284. The number of nitrogens with two attached hydrogens (primary N) is 1. The molecule has 6 N–H and O–H groups in total. The number of fused-ring (bicyclic) bond motifs is 4. The monoisotopic (exact) mass is 507 g/mol. The summed E-state index contributed by atoms with van der Waals surface area (Å²) in [6.45, 7) is 0. The maximum Gasteiger partial charge on any atom is 0.255 e. The second kappa shape index (κ2) is 8.06. The van der Waals surface area contributed by atoms with Crippen LogP contribution in [0.2, 0.25) is 0 Å². The first-order valence-electron chi connectivity index (χ1n) is 11.9. The van der Waals surface area contributed by atoms with E-state index in [1.54, 1.807) is 26.2 Å². The number of aliphatic hydroxyl groups excluding tert-OH is 2. The minimum Gasteiger partial charge on any atom is -0.510 e. The van der Waals surface area contributed by atoms with Gasteiger partial charge in [-0.1, -0.05) is 24.3 Å². The molecule has 0 aromatic heterocycles. The molecule has 0 radical (unpaired) electrons. The van der Waals surface area contributed by atoms with E-state index in [-0.39, 0.29) is 29.7 Å². The number of anilines is 1. The van der Waals surface area contributed by atoms with Crippen LogP contribution in [0.5, 0.6) is 5.75 Å². The number of primary amides is 1. The highest BCUT2D eigenvalue weighted by Gasteiger charge is 2.63. The number of phenolic OH excluding ortho intramolecular Hbond substituents is 1. The van der Waals surface area contributed by atoms with Gasteiger partial charge in [-0.2, -0.15) is 0 Å². The summed E-state index contributed by atoms with van der Waals surface area (Å²) >= 11 is 0. The lowest BCUT2D eigenvalue weighted by Crippen LogP contribution is -2.63. The van der Waals surface area contributed by atoms with Gasteiger partial charge in [0.25, 0.3) is 5.91 Å². The molecule has 1 unspecified atom stereocenters. The summed E-state index contributed by atoms with van der Waals surface area (Å²) in [6, 6.07) is 6.09. The van der Waals surface area contributed by atoms with Crippen LogP contribution in [-0.4, -0.2) is 82.6 Å². The third-order valence-corrected chi connectivity index (χ3v) is 8.02. The number of benzene rings is 2. The van der Waals surface area contributed by atoms with Gasteiger partial charge in [0.05, 0.1) is 11.6 Å². The molecule has 2 aromatic carbocycles. The van der Waals surface area contributed by atoms with E-state index in [0.29, 0.717) is 10.9 Å². The number of Topliss-reactive ketones (excluding diaryl/α,β-unsaturated/α-hetero) is 2. The molecule has 10 heteroatoms. The predicted molar refractivity (Wildman–Crippen MR) is 136 cm³/mol. The van der Waals surface area contributed by atoms with Gasteiger partial charge in [0, 0.05) is 42.0 Å². The Hall–Kier alpha value is -3.89. The van der Waals surface area contributed by atoms with Gasteiger partial charge >= 0.3 is 0 Å². The Labute approximate surface area is 212 Å². The average molecular weight is 508 g/mol. The molecule has 1 amide bonds. The SMILES string of the molecule is CN(C)c1c2c(c(O)c3ccccc13)C(=O)C1=C(O)[C@]3(O)C(=O)C(C(N)=O)=C(O)[C@@H](N(C)C)[C@@H]3CC1C2. The van der Waals surface area contributed by atoms with Crippen LogP contribution in [0.4, 0.5) is 5.69 Å². The molecule has 0 heterocycles. The highest BCUT2D eigenvalue weighted by Crippen LogP contribution is 2.54. The van der Waals surface area contributed by atoms with Crippen molar-refractivity contribution in [3.8, 4) is 5.75 Å². The van der Waals surface area contributed by atoms with Crippen LogP contribution in [0.3, 0.4) is 0 Å². The van der Waals surface area contributed by atoms with Gasteiger partial charge in [-0.05, 0) is 38.4 Å². The van der Waals surface area contributed by atoms with E-state index in [9.17, 15) is 34.8 Å². The smallest absolute Gasteiger partial charge is 0.255 e. The largest absolute Gasteiger partial charge is 0.510 e. The van der Waals surface area contributed by atoms with E-state index in [0.717, 1.165) is 11.1 Å². The summed E-state index contributed by atoms with van der Waals surface area (Å²) in [5, 5.41) is 46.4. The number of hydrogen-bond acceptors (Lipinski definition) is 9. The van der Waals surface area contributed by atoms with E-state index in [1.165, 1.54) is 4.90 Å². The van der Waals surface area contributed by atoms with Gasteiger partial charge in [0.15, 0.2) is 11.4 Å². The van der Waals surface area contributed by atoms with Gasteiger partial charge in [0.2, 0.25) is 5.78 Å². The van der Waals surface area contributed by atoms with Crippen molar-refractivity contribution >= 4 is 33.9 Å². The molecular formula is C27H29N3O7. The number of carbonyl (C=O) groups is 3. The molecule has 0 spiro atoms. The lowest BCUT2D eigenvalue weighted by Gasteiger charge is -2.50. The Morgan fingerprint density at radius 3 is 2.24 bits per heavy atom. The molecule has 4 atom stereocenters. The maximum atomic E-state index is 13.9. The van der Waals surface area contributed by atoms with Crippen LogP contribution in [0.15, 0.2) is 46.9 Å². The number of aromatic hydroxyl groups is 1. The zero-order valence-electron chi connectivity index (χ0n) is 20.9. The molecular weight excluding hydrogens is 478 g/mol. The number of nitrogens with zero attached hydrogens (tertiary/aromatic N) is 2. The Morgan fingerprint density at radius 1 is 1.05 bits per heavy atom. The van der Waals surface area contributed by atoms with Crippen molar-refractivity contribution in [1.82, 2.24) is 4.90 Å². The highest BCUT2D eigenvalue weighted by atomic mass is 16.3. The Morgan fingerprint density at radius 2 is 1.68 bits per heavy atom. The van der Waals surface area contributed by atoms with Crippen LogP contribution >= 0.6 is 0 Å². The number of hydrogen-bond donors (Lipinski definition) is 5. The van der Waals surface area contributed by atoms with Gasteiger partial charge in [-0.25, -0.2) is 0 Å². The molecule has 5 rings (SSSR count). The van der Waals surface area contributed by atoms with Crippen LogP contribution in [0.1, 0.15) is 22.3 Å². The minimum atomic E-state index is -2.65. The molecule has 37 heavy (non-hydrogen) atoms. The van der Waals surface area contributed by atoms with Crippen molar-refractivity contribution in [2.75, 3.05) is 33.1 Å². The molecule has 0 fully saturated rings. The van der Waals surface area contributed by atoms with Crippen molar-refractivity contribution in [2.45, 2.75) is 24.5 Å². The van der Waals surface area contributed by atoms with Gasteiger partial charge in [0.1, 0.15) is 22.8 Å². The van der Waals surface area contributed by atoms with Gasteiger partial charge in [-0.3, -0.25) is 19.3 Å². The number of carbonyl (C=O) groups excluding carboxylic acids is 3. The van der Waals surface area contributed by atoms with Crippen LogP contribution in [0, 0.1) is 11.8 Å². The highest BCUT2D eigenvalue weighted by molar-refractivity contribution is 6.25. The average Bonchev–Trinajstić information content (AvgIpc) is 2.81. The van der Waals surface area contributed by atoms with E-state index >= 15 is 0 Å². The second-order valence-electron chi connectivity index (χ2n) is 10.5. The lowest BCUT2D eigenvalue weighted by molar-refractivity contribution is -0.148. The normalized spacial score (nSPS) is 27.4. The molecule has 3 aliphatic carbocycles. The van der Waals surface area contributed by atoms with Gasteiger partial charge in [-0.15, -0.1) is 0 Å². The summed E-state index contributed by atoms with van der Waals surface area (Å²) in [5.74, 6) is -6.58. The molecule has 0 aliphatic heterocycles. The third kappa shape index (κ3) is 3.09. The van der Waals surface area contributed by atoms with Crippen molar-refractivity contribution in [3.63, 3.8) is 0 Å². The van der Waals surface area contributed by atoms with Crippen molar-refractivity contribution in [3.05, 3.63) is 58.1 Å². The zero-order valence-corrected chi connectivity index (χ0v) is 20.9. The van der Waals surface area contributed by atoms with Gasteiger partial charge < -0.3 is 31.1 Å². The summed E-state index contributed by atoms with van der Waals surface area (Å²) in [7, 11) is 6.87. The van der Waals surface area contributed by atoms with Crippen LogP contribution in [-0.2, 0) is 16.0 Å². The summed E-state index contributed by atoms with van der Waals surface area (Å²) in [5.41, 5.74) is 3.07. The fourth-order valence-electron chi connectivity index (χ4n) is 6.56. The van der Waals surface area contributed by atoms with E-state index < -0.39 is 58.0 Å². The lowest BCUT2D eigenvalue weighted by atomic mass is 9.58. The zero-order chi connectivity index (χ0) is 27.1. The van der Waals surface area contributed by atoms with Crippen molar-refractivity contribution < 1.29 is 34.8 Å². The first-order valence-corrected chi connectivity index (χ1v) is 11.9. The first kappa shape index (κ1) is 24.8. The third-order valence-electron chi connectivity index (χ3n) is 8.02. The number of allylic oxidation sites excluding steroid dienone is 1. The van der Waals surface area contributed by atoms with Crippen molar-refractivity contribution in [2.24, 2.45) is 17.6 Å². The minimum absolute atomic E-state index is 0.00295. The number of likely N-dealkylation sites (N-methyl/N-ethyl adjacent to an activating group) is 1. The molecule has 10 nitrogen and oxygen atoms in total. The Bertz CT molecular complexity index is 1470. The molecule has 0 saturated heterocycles. The van der Waals surface area contributed by atoms with Crippen molar-refractivity contribution in [1.29, 1.82) is 0 Å². The molecule has 0 saturated carbocycles. The summed E-state index contributed by atoms with van der Waals surface area (Å²) in [4.78, 5) is 42.8.